The fraction of sp³-hybridized carbons (Fsp3) is 0.786. The zero-order chi connectivity index (χ0) is 12.8. The molecular weight excluding hydrogens is 226 g/mol. The lowest BCUT2D eigenvalue weighted by Gasteiger charge is -2.14. The number of aromatic nitrogens is 2. The van der Waals surface area contributed by atoms with E-state index in [-0.39, 0.29) is 0 Å². The second-order valence-electron chi connectivity index (χ2n) is 5.22. The van der Waals surface area contributed by atoms with Crippen molar-refractivity contribution in [2.24, 2.45) is 0 Å². The summed E-state index contributed by atoms with van der Waals surface area (Å²) in [6, 6.07) is 0.629. The van der Waals surface area contributed by atoms with Crippen molar-refractivity contribution < 1.29 is 4.74 Å². The summed E-state index contributed by atoms with van der Waals surface area (Å²) in [5.74, 6) is 1.05. The number of nitrogens with one attached hydrogen (secondary N) is 1. The maximum atomic E-state index is 5.08. The Morgan fingerprint density at radius 2 is 2.17 bits per heavy atom. The van der Waals surface area contributed by atoms with E-state index in [9.17, 15) is 0 Å². The van der Waals surface area contributed by atoms with Crippen molar-refractivity contribution in [3.05, 3.63) is 11.9 Å². The van der Waals surface area contributed by atoms with Gasteiger partial charge in [-0.3, -0.25) is 0 Å². The molecule has 0 aliphatic heterocycles. The van der Waals surface area contributed by atoms with Gasteiger partial charge in [-0.2, -0.15) is 0 Å². The van der Waals surface area contributed by atoms with Crippen molar-refractivity contribution in [3.63, 3.8) is 0 Å². The van der Waals surface area contributed by atoms with Crippen LogP contribution in [0.4, 0.5) is 5.95 Å². The highest BCUT2D eigenvalue weighted by atomic mass is 16.5. The van der Waals surface area contributed by atoms with E-state index in [2.05, 4.69) is 28.0 Å². The summed E-state index contributed by atoms with van der Waals surface area (Å²) in [4.78, 5) is 4.59. The van der Waals surface area contributed by atoms with Crippen LogP contribution in [0, 0.1) is 6.92 Å². The molecule has 0 amide bonds. The molecule has 1 N–H and O–H groups in total. The van der Waals surface area contributed by atoms with Crippen molar-refractivity contribution in [2.45, 2.75) is 58.0 Å². The van der Waals surface area contributed by atoms with Crippen molar-refractivity contribution in [2.75, 3.05) is 19.0 Å². The Kier molecular flexibility index (Phi) is 5.05. The van der Waals surface area contributed by atoms with Crippen LogP contribution in [0.25, 0.3) is 0 Å². The van der Waals surface area contributed by atoms with E-state index < -0.39 is 0 Å². The SMILES string of the molecule is COCCCCn1cc(C)nc1NC1CCCC1. The summed E-state index contributed by atoms with van der Waals surface area (Å²) in [5.41, 5.74) is 1.10. The Morgan fingerprint density at radius 3 is 2.89 bits per heavy atom. The number of aryl methyl sites for hydroxylation is 2. The van der Waals surface area contributed by atoms with Crippen LogP contribution < -0.4 is 5.32 Å². The second kappa shape index (κ2) is 6.78. The van der Waals surface area contributed by atoms with Crippen LogP contribution in [0.5, 0.6) is 0 Å². The summed E-state index contributed by atoms with van der Waals surface area (Å²) < 4.78 is 7.34. The molecule has 1 aromatic heterocycles. The number of unbranched alkanes of at least 4 members (excludes halogenated alkanes) is 1. The molecule has 1 aromatic rings. The largest absolute Gasteiger partial charge is 0.385 e. The Balaban J connectivity index is 1.87. The maximum Gasteiger partial charge on any atom is 0.203 e. The van der Waals surface area contributed by atoms with Gasteiger partial charge in [0.05, 0.1) is 5.69 Å². The number of hydrogen-bond acceptors (Lipinski definition) is 3. The molecule has 1 saturated carbocycles. The Bertz CT molecular complexity index is 356. The van der Waals surface area contributed by atoms with Crippen LogP contribution in [0.15, 0.2) is 6.20 Å². The van der Waals surface area contributed by atoms with Crippen LogP contribution in [0.2, 0.25) is 0 Å². The molecule has 4 heteroatoms. The molecule has 0 spiro atoms. The molecule has 1 fully saturated rings. The zero-order valence-electron chi connectivity index (χ0n) is 11.6. The number of anilines is 1. The third-order valence-corrected chi connectivity index (χ3v) is 3.58. The third kappa shape index (κ3) is 3.73. The van der Waals surface area contributed by atoms with Gasteiger partial charge in [-0.25, -0.2) is 4.98 Å². The van der Waals surface area contributed by atoms with Gasteiger partial charge in [0.2, 0.25) is 5.95 Å². The first-order chi connectivity index (χ1) is 8.79. The molecule has 0 unspecified atom stereocenters. The smallest absolute Gasteiger partial charge is 0.203 e. The fourth-order valence-corrected chi connectivity index (χ4v) is 2.61. The van der Waals surface area contributed by atoms with E-state index in [1.807, 2.05) is 0 Å². The first-order valence-electron chi connectivity index (χ1n) is 7.09. The average Bonchev–Trinajstić information content (AvgIpc) is 2.96. The van der Waals surface area contributed by atoms with Gasteiger partial charge in [-0.05, 0) is 32.6 Å². The van der Waals surface area contributed by atoms with E-state index in [1.54, 1.807) is 7.11 Å². The quantitative estimate of drug-likeness (QED) is 0.757. The van der Waals surface area contributed by atoms with E-state index in [0.29, 0.717) is 6.04 Å². The summed E-state index contributed by atoms with van der Waals surface area (Å²) in [6.45, 7) is 3.93. The Morgan fingerprint density at radius 1 is 1.39 bits per heavy atom. The molecule has 1 aliphatic rings. The number of methoxy groups -OCH3 is 1. The number of nitrogens with zero attached hydrogens (tertiary/aromatic N) is 2. The van der Waals surface area contributed by atoms with Crippen molar-refractivity contribution >= 4 is 5.95 Å². The molecule has 0 saturated heterocycles. The highest BCUT2D eigenvalue weighted by molar-refractivity contribution is 5.30. The minimum atomic E-state index is 0.629. The average molecular weight is 251 g/mol. The highest BCUT2D eigenvalue weighted by Crippen LogP contribution is 2.22. The van der Waals surface area contributed by atoms with Gasteiger partial charge >= 0.3 is 0 Å². The van der Waals surface area contributed by atoms with Crippen LogP contribution in [0.3, 0.4) is 0 Å². The molecular formula is C14H25N3O. The van der Waals surface area contributed by atoms with Crippen LogP contribution in [-0.2, 0) is 11.3 Å². The third-order valence-electron chi connectivity index (χ3n) is 3.58. The van der Waals surface area contributed by atoms with Crippen molar-refractivity contribution in [3.8, 4) is 0 Å². The molecule has 0 radical (unpaired) electrons. The number of ether oxygens (including phenoxy) is 1. The van der Waals surface area contributed by atoms with Crippen LogP contribution in [-0.4, -0.2) is 29.3 Å². The topological polar surface area (TPSA) is 39.1 Å². The first kappa shape index (κ1) is 13.4. The lowest BCUT2D eigenvalue weighted by molar-refractivity contribution is 0.191. The van der Waals surface area contributed by atoms with Crippen molar-refractivity contribution in [1.82, 2.24) is 9.55 Å². The number of rotatable bonds is 7. The summed E-state index contributed by atoms with van der Waals surface area (Å²) in [7, 11) is 1.76. The molecule has 0 atom stereocenters. The maximum absolute atomic E-state index is 5.08. The fourth-order valence-electron chi connectivity index (χ4n) is 2.61. The summed E-state index contributed by atoms with van der Waals surface area (Å²) >= 11 is 0. The van der Waals surface area contributed by atoms with Gasteiger partial charge in [0.25, 0.3) is 0 Å². The Hall–Kier alpha value is -1.03. The van der Waals surface area contributed by atoms with Gasteiger partial charge in [0.15, 0.2) is 0 Å². The lowest BCUT2D eigenvalue weighted by atomic mass is 10.2. The molecule has 4 nitrogen and oxygen atoms in total. The van der Waals surface area contributed by atoms with Gasteiger partial charge < -0.3 is 14.6 Å². The lowest BCUT2D eigenvalue weighted by Crippen LogP contribution is -2.18. The van der Waals surface area contributed by atoms with Crippen molar-refractivity contribution in [1.29, 1.82) is 0 Å². The van der Waals surface area contributed by atoms with Gasteiger partial charge in [-0.15, -0.1) is 0 Å². The van der Waals surface area contributed by atoms with Gasteiger partial charge in [-0.1, -0.05) is 12.8 Å². The van der Waals surface area contributed by atoms with Gasteiger partial charge in [0, 0.05) is 32.5 Å². The molecule has 18 heavy (non-hydrogen) atoms. The number of imidazole rings is 1. The molecule has 102 valence electrons. The second-order valence-corrected chi connectivity index (χ2v) is 5.22. The predicted molar refractivity (Wildman–Crippen MR) is 74.0 cm³/mol. The minimum Gasteiger partial charge on any atom is -0.385 e. The molecule has 0 bridgehead atoms. The van der Waals surface area contributed by atoms with Crippen LogP contribution >= 0.6 is 0 Å². The highest BCUT2D eigenvalue weighted by Gasteiger charge is 2.16. The molecule has 1 heterocycles. The number of hydrogen-bond donors (Lipinski definition) is 1. The first-order valence-corrected chi connectivity index (χ1v) is 7.09. The Labute approximate surface area is 110 Å². The summed E-state index contributed by atoms with van der Waals surface area (Å²) in [5, 5.41) is 3.59. The normalized spacial score (nSPS) is 16.3. The zero-order valence-corrected chi connectivity index (χ0v) is 11.6. The van der Waals surface area contributed by atoms with E-state index in [1.165, 1.54) is 25.7 Å². The molecule has 1 aliphatic carbocycles. The molecule has 0 aromatic carbocycles. The minimum absolute atomic E-state index is 0.629. The predicted octanol–water partition coefficient (Wildman–Crippen LogP) is 2.97. The van der Waals surface area contributed by atoms with Gasteiger partial charge in [0.1, 0.15) is 0 Å². The summed E-state index contributed by atoms with van der Waals surface area (Å²) in [6.07, 6.45) is 9.67. The van der Waals surface area contributed by atoms with Crippen LogP contribution in [0.1, 0.15) is 44.2 Å². The standard InChI is InChI=1S/C14H25N3O/c1-12-11-17(9-5-6-10-18-2)14(15-12)16-13-7-3-4-8-13/h11,13H,3-10H2,1-2H3,(H,15,16). The monoisotopic (exact) mass is 251 g/mol. The van der Waals surface area contributed by atoms with E-state index in [0.717, 1.165) is 37.6 Å². The van der Waals surface area contributed by atoms with E-state index in [4.69, 9.17) is 4.74 Å². The van der Waals surface area contributed by atoms with E-state index >= 15 is 0 Å². The molecule has 2 rings (SSSR count).